The SMILES string of the molecule is CC(=O)Oc1ccc2ncncc2c1.Cl. The molecule has 0 amide bonds. The first-order chi connectivity index (χ1) is 6.75. The van der Waals surface area contributed by atoms with E-state index in [2.05, 4.69) is 9.97 Å². The van der Waals surface area contributed by atoms with E-state index in [-0.39, 0.29) is 18.4 Å². The first kappa shape index (κ1) is 11.4. The van der Waals surface area contributed by atoms with Crippen LogP contribution < -0.4 is 4.74 Å². The quantitative estimate of drug-likeness (QED) is 0.549. The third kappa shape index (κ3) is 2.63. The zero-order valence-electron chi connectivity index (χ0n) is 8.01. The highest BCUT2D eigenvalue weighted by atomic mass is 35.5. The summed E-state index contributed by atoms with van der Waals surface area (Å²) in [6, 6.07) is 5.22. The van der Waals surface area contributed by atoms with Gasteiger partial charge in [-0.1, -0.05) is 0 Å². The molecule has 0 radical (unpaired) electrons. The summed E-state index contributed by atoms with van der Waals surface area (Å²) in [5.41, 5.74) is 0.830. The summed E-state index contributed by atoms with van der Waals surface area (Å²) in [7, 11) is 0. The third-order valence-electron chi connectivity index (χ3n) is 1.74. The molecule has 0 N–H and O–H groups in total. The number of esters is 1. The van der Waals surface area contributed by atoms with Gasteiger partial charge in [-0.3, -0.25) is 4.79 Å². The van der Waals surface area contributed by atoms with Crippen molar-refractivity contribution >= 4 is 29.3 Å². The molecule has 5 heteroatoms. The van der Waals surface area contributed by atoms with E-state index < -0.39 is 0 Å². The van der Waals surface area contributed by atoms with Gasteiger partial charge in [0, 0.05) is 18.5 Å². The van der Waals surface area contributed by atoms with Gasteiger partial charge >= 0.3 is 5.97 Å². The molecule has 15 heavy (non-hydrogen) atoms. The van der Waals surface area contributed by atoms with Crippen molar-refractivity contribution in [3.8, 4) is 5.75 Å². The molecular formula is C10H9ClN2O2. The molecule has 4 nitrogen and oxygen atoms in total. The molecule has 78 valence electrons. The summed E-state index contributed by atoms with van der Waals surface area (Å²) in [4.78, 5) is 18.6. The molecule has 0 atom stereocenters. The van der Waals surface area contributed by atoms with Crippen molar-refractivity contribution in [3.63, 3.8) is 0 Å². The molecule has 0 saturated heterocycles. The number of hydrogen-bond acceptors (Lipinski definition) is 4. The van der Waals surface area contributed by atoms with Crippen LogP contribution in [0.1, 0.15) is 6.92 Å². The predicted molar refractivity (Wildman–Crippen MR) is 58.1 cm³/mol. The molecule has 2 rings (SSSR count). The van der Waals surface area contributed by atoms with Gasteiger partial charge in [0.2, 0.25) is 0 Å². The third-order valence-corrected chi connectivity index (χ3v) is 1.74. The van der Waals surface area contributed by atoms with Crippen molar-refractivity contribution in [2.75, 3.05) is 0 Å². The van der Waals surface area contributed by atoms with Crippen molar-refractivity contribution < 1.29 is 9.53 Å². The Balaban J connectivity index is 0.00000112. The van der Waals surface area contributed by atoms with E-state index >= 15 is 0 Å². The smallest absolute Gasteiger partial charge is 0.308 e. The molecule has 0 aliphatic carbocycles. The van der Waals surface area contributed by atoms with Crippen LogP contribution in [0.5, 0.6) is 5.75 Å². The fourth-order valence-electron chi connectivity index (χ4n) is 1.19. The van der Waals surface area contributed by atoms with Crippen LogP contribution in [0.25, 0.3) is 10.9 Å². The molecule has 0 spiro atoms. The van der Waals surface area contributed by atoms with Gasteiger partial charge in [-0.25, -0.2) is 9.97 Å². The Morgan fingerprint density at radius 1 is 1.40 bits per heavy atom. The number of fused-ring (bicyclic) bond motifs is 1. The van der Waals surface area contributed by atoms with Crippen LogP contribution in [-0.2, 0) is 4.79 Å². The van der Waals surface area contributed by atoms with Crippen LogP contribution in [-0.4, -0.2) is 15.9 Å². The first-order valence-corrected chi connectivity index (χ1v) is 4.14. The number of aromatic nitrogens is 2. The van der Waals surface area contributed by atoms with Gasteiger partial charge < -0.3 is 4.74 Å². The van der Waals surface area contributed by atoms with Gasteiger partial charge in [0.1, 0.15) is 12.1 Å². The Morgan fingerprint density at radius 3 is 2.93 bits per heavy atom. The Bertz CT molecular complexity index is 488. The van der Waals surface area contributed by atoms with Crippen LogP contribution in [0.15, 0.2) is 30.7 Å². The van der Waals surface area contributed by atoms with Crippen molar-refractivity contribution in [3.05, 3.63) is 30.7 Å². The standard InChI is InChI=1S/C10H8N2O2.ClH/c1-7(13)14-9-2-3-10-8(4-9)5-11-6-12-10;/h2-6H,1H3;1H. The minimum absolute atomic E-state index is 0. The number of halogens is 1. The van der Waals surface area contributed by atoms with Crippen LogP contribution >= 0.6 is 12.4 Å². The van der Waals surface area contributed by atoms with Gasteiger partial charge in [-0.15, -0.1) is 12.4 Å². The second kappa shape index (κ2) is 4.70. The summed E-state index contributed by atoms with van der Waals surface area (Å²) >= 11 is 0. The Labute approximate surface area is 92.7 Å². The molecule has 1 aromatic carbocycles. The minimum atomic E-state index is -0.332. The molecular weight excluding hydrogens is 216 g/mol. The molecule has 0 unspecified atom stereocenters. The highest BCUT2D eigenvalue weighted by Crippen LogP contribution is 2.17. The second-order valence-corrected chi connectivity index (χ2v) is 2.84. The predicted octanol–water partition coefficient (Wildman–Crippen LogP) is 1.98. The van der Waals surface area contributed by atoms with E-state index in [1.807, 2.05) is 0 Å². The lowest BCUT2D eigenvalue weighted by molar-refractivity contribution is -0.131. The number of hydrogen-bond donors (Lipinski definition) is 0. The molecule has 1 heterocycles. The summed E-state index contributed by atoms with van der Waals surface area (Å²) in [5, 5.41) is 0.853. The fourth-order valence-corrected chi connectivity index (χ4v) is 1.19. The van der Waals surface area contributed by atoms with E-state index in [0.717, 1.165) is 10.9 Å². The molecule has 0 aliphatic rings. The number of carbonyl (C=O) groups excluding carboxylic acids is 1. The lowest BCUT2D eigenvalue weighted by Gasteiger charge is -2.01. The Kier molecular flexibility index (Phi) is 3.57. The largest absolute Gasteiger partial charge is 0.427 e. The van der Waals surface area contributed by atoms with Crippen LogP contribution in [0.2, 0.25) is 0 Å². The zero-order chi connectivity index (χ0) is 9.97. The number of benzene rings is 1. The second-order valence-electron chi connectivity index (χ2n) is 2.84. The lowest BCUT2D eigenvalue weighted by atomic mass is 10.2. The maximum Gasteiger partial charge on any atom is 0.308 e. The van der Waals surface area contributed by atoms with Gasteiger partial charge in [0.25, 0.3) is 0 Å². The van der Waals surface area contributed by atoms with Crippen LogP contribution in [0, 0.1) is 0 Å². The van der Waals surface area contributed by atoms with E-state index in [0.29, 0.717) is 5.75 Å². The lowest BCUT2D eigenvalue weighted by Crippen LogP contribution is -2.01. The average Bonchev–Trinajstić information content (AvgIpc) is 2.17. The zero-order valence-corrected chi connectivity index (χ0v) is 8.82. The molecule has 2 aromatic rings. The van der Waals surface area contributed by atoms with Gasteiger partial charge in [-0.2, -0.15) is 0 Å². The summed E-state index contributed by atoms with van der Waals surface area (Å²) in [6.45, 7) is 1.37. The van der Waals surface area contributed by atoms with E-state index in [1.165, 1.54) is 13.3 Å². The van der Waals surface area contributed by atoms with Crippen LogP contribution in [0.4, 0.5) is 0 Å². The molecule has 0 saturated carbocycles. The number of nitrogens with zero attached hydrogens (tertiary/aromatic N) is 2. The van der Waals surface area contributed by atoms with E-state index in [4.69, 9.17) is 4.74 Å². The van der Waals surface area contributed by atoms with E-state index in [1.54, 1.807) is 24.4 Å². The summed E-state index contributed by atoms with van der Waals surface area (Å²) < 4.78 is 4.93. The highest BCUT2D eigenvalue weighted by molar-refractivity contribution is 5.85. The Morgan fingerprint density at radius 2 is 2.20 bits per heavy atom. The van der Waals surface area contributed by atoms with Gasteiger partial charge in [0.05, 0.1) is 5.52 Å². The first-order valence-electron chi connectivity index (χ1n) is 4.14. The topological polar surface area (TPSA) is 52.1 Å². The molecule has 0 bridgehead atoms. The van der Waals surface area contributed by atoms with Crippen molar-refractivity contribution in [1.82, 2.24) is 9.97 Å². The molecule has 0 aliphatic heterocycles. The Hall–Kier alpha value is -1.68. The van der Waals surface area contributed by atoms with Gasteiger partial charge in [0.15, 0.2) is 0 Å². The van der Waals surface area contributed by atoms with Crippen molar-refractivity contribution in [1.29, 1.82) is 0 Å². The molecule has 1 aromatic heterocycles. The monoisotopic (exact) mass is 224 g/mol. The van der Waals surface area contributed by atoms with Crippen LogP contribution in [0.3, 0.4) is 0 Å². The van der Waals surface area contributed by atoms with E-state index in [9.17, 15) is 4.79 Å². The molecule has 0 fully saturated rings. The maximum atomic E-state index is 10.7. The number of rotatable bonds is 1. The van der Waals surface area contributed by atoms with Gasteiger partial charge in [-0.05, 0) is 18.2 Å². The summed E-state index contributed by atoms with van der Waals surface area (Å²) in [5.74, 6) is 0.181. The average molecular weight is 225 g/mol. The summed E-state index contributed by atoms with van der Waals surface area (Å²) in [6.07, 6.45) is 3.16. The fraction of sp³-hybridized carbons (Fsp3) is 0.100. The normalized spacial score (nSPS) is 9.40. The minimum Gasteiger partial charge on any atom is -0.427 e. The van der Waals surface area contributed by atoms with Crippen molar-refractivity contribution in [2.45, 2.75) is 6.92 Å². The highest BCUT2D eigenvalue weighted by Gasteiger charge is 2.00. The van der Waals surface area contributed by atoms with Crippen molar-refractivity contribution in [2.24, 2.45) is 0 Å². The number of carbonyl (C=O) groups is 1. The number of ether oxygens (including phenoxy) is 1. The maximum absolute atomic E-state index is 10.7.